The number of aliphatic carboxylic acids is 1. The average Bonchev–Trinajstić information content (AvgIpc) is 3.05. The summed E-state index contributed by atoms with van der Waals surface area (Å²) in [7, 11) is 0. The van der Waals surface area contributed by atoms with Gasteiger partial charge in [-0.05, 0) is 26.3 Å². The maximum Gasteiger partial charge on any atom is 0.308 e. The first-order valence-electron chi connectivity index (χ1n) is 6.81. The highest BCUT2D eigenvalue weighted by molar-refractivity contribution is 6.06. The Hall–Kier alpha value is -2.44. The SMILES string of the molecule is Cc1cc(C(=O)N2CCC(C(=O)O)C2)c2c(C)[nH]nc2n1. The highest BCUT2D eigenvalue weighted by atomic mass is 16.4. The number of carbonyl (C=O) groups excluding carboxylic acids is 1. The molecule has 1 aliphatic rings. The first-order chi connectivity index (χ1) is 9.97. The van der Waals surface area contributed by atoms with Crippen LogP contribution in [0, 0.1) is 19.8 Å². The molecule has 1 atom stereocenters. The second kappa shape index (κ2) is 4.83. The number of hydrogen-bond donors (Lipinski definition) is 2. The number of carboxylic acids is 1. The largest absolute Gasteiger partial charge is 0.481 e. The normalized spacial score (nSPS) is 18.4. The minimum Gasteiger partial charge on any atom is -0.481 e. The Bertz CT molecular complexity index is 737. The molecule has 0 aliphatic carbocycles. The Labute approximate surface area is 121 Å². The molecular weight excluding hydrogens is 272 g/mol. The third-order valence-corrected chi connectivity index (χ3v) is 3.89. The topological polar surface area (TPSA) is 99.2 Å². The summed E-state index contributed by atoms with van der Waals surface area (Å²) in [5.74, 6) is -1.47. The van der Waals surface area contributed by atoms with E-state index in [1.54, 1.807) is 11.0 Å². The van der Waals surface area contributed by atoms with E-state index in [0.29, 0.717) is 35.3 Å². The van der Waals surface area contributed by atoms with Crippen LogP contribution in [-0.2, 0) is 4.79 Å². The van der Waals surface area contributed by atoms with Crippen molar-refractivity contribution in [2.24, 2.45) is 5.92 Å². The number of amides is 1. The first-order valence-corrected chi connectivity index (χ1v) is 6.81. The van der Waals surface area contributed by atoms with E-state index >= 15 is 0 Å². The fourth-order valence-corrected chi connectivity index (χ4v) is 2.79. The predicted molar refractivity (Wildman–Crippen MR) is 75.0 cm³/mol. The number of likely N-dealkylation sites (tertiary alicyclic amines) is 1. The third kappa shape index (κ3) is 2.24. The van der Waals surface area contributed by atoms with Gasteiger partial charge in [0.05, 0.1) is 16.9 Å². The maximum absolute atomic E-state index is 12.7. The molecule has 3 rings (SSSR count). The van der Waals surface area contributed by atoms with Crippen molar-refractivity contribution in [3.8, 4) is 0 Å². The number of carboxylic acid groups (broad SMARTS) is 1. The highest BCUT2D eigenvalue weighted by Gasteiger charge is 2.32. The van der Waals surface area contributed by atoms with Gasteiger partial charge in [0.15, 0.2) is 5.65 Å². The zero-order valence-corrected chi connectivity index (χ0v) is 11.9. The summed E-state index contributed by atoms with van der Waals surface area (Å²) in [6, 6.07) is 1.74. The van der Waals surface area contributed by atoms with Gasteiger partial charge in [-0.2, -0.15) is 5.10 Å². The maximum atomic E-state index is 12.7. The Morgan fingerprint density at radius 3 is 2.86 bits per heavy atom. The zero-order chi connectivity index (χ0) is 15.1. The monoisotopic (exact) mass is 288 g/mol. The molecule has 1 fully saturated rings. The van der Waals surface area contributed by atoms with Gasteiger partial charge in [0.1, 0.15) is 0 Å². The van der Waals surface area contributed by atoms with Crippen LogP contribution in [0.4, 0.5) is 0 Å². The number of nitrogens with one attached hydrogen (secondary N) is 1. The van der Waals surface area contributed by atoms with Crippen LogP contribution in [0.15, 0.2) is 6.07 Å². The van der Waals surface area contributed by atoms with Gasteiger partial charge in [-0.25, -0.2) is 4.98 Å². The summed E-state index contributed by atoms with van der Waals surface area (Å²) in [4.78, 5) is 29.6. The molecule has 0 spiro atoms. The molecule has 110 valence electrons. The molecule has 1 saturated heterocycles. The number of pyridine rings is 1. The number of fused-ring (bicyclic) bond motifs is 1. The van der Waals surface area contributed by atoms with E-state index in [1.165, 1.54) is 0 Å². The van der Waals surface area contributed by atoms with E-state index in [2.05, 4.69) is 15.2 Å². The molecule has 7 nitrogen and oxygen atoms in total. The van der Waals surface area contributed by atoms with Gasteiger partial charge in [0.2, 0.25) is 0 Å². The molecule has 0 saturated carbocycles. The Morgan fingerprint density at radius 1 is 1.43 bits per heavy atom. The molecule has 2 N–H and O–H groups in total. The van der Waals surface area contributed by atoms with Crippen LogP contribution in [0.25, 0.3) is 11.0 Å². The summed E-state index contributed by atoms with van der Waals surface area (Å²) in [5, 5.41) is 16.7. The van der Waals surface area contributed by atoms with Crippen LogP contribution in [0.3, 0.4) is 0 Å². The number of aryl methyl sites for hydroxylation is 2. The van der Waals surface area contributed by atoms with Crippen molar-refractivity contribution < 1.29 is 14.7 Å². The fourth-order valence-electron chi connectivity index (χ4n) is 2.79. The fraction of sp³-hybridized carbons (Fsp3) is 0.429. The first kappa shape index (κ1) is 13.5. The van der Waals surface area contributed by atoms with Gasteiger partial charge < -0.3 is 10.0 Å². The average molecular weight is 288 g/mol. The number of rotatable bonds is 2. The Kier molecular flexibility index (Phi) is 3.12. The molecule has 0 radical (unpaired) electrons. The van der Waals surface area contributed by atoms with Crippen molar-refractivity contribution >= 4 is 22.9 Å². The van der Waals surface area contributed by atoms with Crippen LogP contribution < -0.4 is 0 Å². The quantitative estimate of drug-likeness (QED) is 0.862. The minimum absolute atomic E-state index is 0.154. The van der Waals surface area contributed by atoms with Crippen LogP contribution in [0.1, 0.15) is 28.2 Å². The third-order valence-electron chi connectivity index (χ3n) is 3.89. The molecule has 21 heavy (non-hydrogen) atoms. The second-order valence-electron chi connectivity index (χ2n) is 5.43. The molecule has 2 aromatic rings. The lowest BCUT2D eigenvalue weighted by Crippen LogP contribution is -2.30. The number of hydrogen-bond acceptors (Lipinski definition) is 4. The van der Waals surface area contributed by atoms with Crippen LogP contribution in [0.5, 0.6) is 0 Å². The number of carbonyl (C=O) groups is 2. The van der Waals surface area contributed by atoms with Gasteiger partial charge in [-0.1, -0.05) is 0 Å². The lowest BCUT2D eigenvalue weighted by Gasteiger charge is -2.16. The Balaban J connectivity index is 1.99. The molecule has 1 amide bonds. The van der Waals surface area contributed by atoms with Gasteiger partial charge in [-0.15, -0.1) is 0 Å². The lowest BCUT2D eigenvalue weighted by atomic mass is 10.1. The van der Waals surface area contributed by atoms with E-state index in [9.17, 15) is 9.59 Å². The van der Waals surface area contributed by atoms with E-state index in [0.717, 1.165) is 5.69 Å². The number of aromatic nitrogens is 3. The van der Waals surface area contributed by atoms with E-state index in [1.807, 2.05) is 13.8 Å². The molecule has 1 aliphatic heterocycles. The number of aromatic amines is 1. The van der Waals surface area contributed by atoms with Gasteiger partial charge in [-0.3, -0.25) is 14.7 Å². The van der Waals surface area contributed by atoms with E-state index in [4.69, 9.17) is 5.11 Å². The second-order valence-corrected chi connectivity index (χ2v) is 5.43. The number of nitrogens with zero attached hydrogens (tertiary/aromatic N) is 3. The van der Waals surface area contributed by atoms with Crippen LogP contribution >= 0.6 is 0 Å². The van der Waals surface area contributed by atoms with E-state index in [-0.39, 0.29) is 12.5 Å². The van der Waals surface area contributed by atoms with Crippen molar-refractivity contribution in [2.45, 2.75) is 20.3 Å². The molecule has 7 heteroatoms. The Morgan fingerprint density at radius 2 is 2.19 bits per heavy atom. The van der Waals surface area contributed by atoms with Crippen molar-refractivity contribution in [1.82, 2.24) is 20.1 Å². The summed E-state index contributed by atoms with van der Waals surface area (Å²) in [5.41, 5.74) is 2.56. The standard InChI is InChI=1S/C14H16N4O3/c1-7-5-10(11-8(2)16-17-12(11)15-7)13(19)18-4-3-9(6-18)14(20)21/h5,9H,3-4,6H2,1-2H3,(H,20,21)(H,15,16,17). The van der Waals surface area contributed by atoms with Crippen LogP contribution in [0.2, 0.25) is 0 Å². The molecule has 1 unspecified atom stereocenters. The van der Waals surface area contributed by atoms with Crippen LogP contribution in [-0.4, -0.2) is 50.2 Å². The molecule has 3 heterocycles. The summed E-state index contributed by atoms with van der Waals surface area (Å²) in [6.45, 7) is 4.38. The highest BCUT2D eigenvalue weighted by Crippen LogP contribution is 2.24. The summed E-state index contributed by atoms with van der Waals surface area (Å²) in [6.07, 6.45) is 0.499. The molecule has 0 bridgehead atoms. The van der Waals surface area contributed by atoms with E-state index < -0.39 is 11.9 Å². The van der Waals surface area contributed by atoms with Crippen molar-refractivity contribution in [3.63, 3.8) is 0 Å². The van der Waals surface area contributed by atoms with Crippen molar-refractivity contribution in [3.05, 3.63) is 23.0 Å². The minimum atomic E-state index is -0.846. The smallest absolute Gasteiger partial charge is 0.308 e. The predicted octanol–water partition coefficient (Wildman–Crippen LogP) is 1.12. The van der Waals surface area contributed by atoms with Gasteiger partial charge in [0.25, 0.3) is 5.91 Å². The molecule has 0 aromatic carbocycles. The molecular formula is C14H16N4O3. The number of H-pyrrole nitrogens is 1. The zero-order valence-electron chi connectivity index (χ0n) is 11.9. The van der Waals surface area contributed by atoms with Crippen molar-refractivity contribution in [2.75, 3.05) is 13.1 Å². The van der Waals surface area contributed by atoms with Gasteiger partial charge in [0, 0.05) is 24.5 Å². The summed E-state index contributed by atoms with van der Waals surface area (Å²) >= 11 is 0. The summed E-state index contributed by atoms with van der Waals surface area (Å²) < 4.78 is 0. The van der Waals surface area contributed by atoms with Crippen molar-refractivity contribution in [1.29, 1.82) is 0 Å². The molecule has 2 aromatic heterocycles. The van der Waals surface area contributed by atoms with Gasteiger partial charge >= 0.3 is 5.97 Å². The lowest BCUT2D eigenvalue weighted by molar-refractivity contribution is -0.141.